The summed E-state index contributed by atoms with van der Waals surface area (Å²) in [6, 6.07) is 0. The van der Waals surface area contributed by atoms with Crippen molar-refractivity contribution in [2.45, 2.75) is 56.5 Å². The Balaban J connectivity index is 2.00. The second kappa shape index (κ2) is 4.36. The fraction of sp³-hybridized carbons (Fsp3) is 0.786. The van der Waals surface area contributed by atoms with Crippen LogP contribution in [0.2, 0.25) is 0 Å². The van der Waals surface area contributed by atoms with Crippen molar-refractivity contribution in [3.8, 4) is 0 Å². The van der Waals surface area contributed by atoms with E-state index in [-0.39, 0.29) is 30.3 Å². The molecule has 2 bridgehead atoms. The fourth-order valence-corrected chi connectivity index (χ4v) is 3.54. The Kier molecular flexibility index (Phi) is 2.99. The molecular formula is C14H20O6. The minimum atomic E-state index is -0.907. The Morgan fingerprint density at radius 1 is 1.35 bits per heavy atom. The first-order valence-corrected chi connectivity index (χ1v) is 6.92. The van der Waals surface area contributed by atoms with Gasteiger partial charge < -0.3 is 24.4 Å². The van der Waals surface area contributed by atoms with Gasteiger partial charge in [-0.2, -0.15) is 0 Å². The molecule has 0 unspecified atom stereocenters. The summed E-state index contributed by atoms with van der Waals surface area (Å²) in [4.78, 5) is 11.5. The van der Waals surface area contributed by atoms with Crippen LogP contribution in [-0.2, 0) is 19.0 Å². The smallest absolute Gasteiger partial charge is 0.306 e. The lowest BCUT2D eigenvalue weighted by Gasteiger charge is -2.32. The largest absolute Gasteiger partial charge is 0.509 e. The van der Waals surface area contributed by atoms with Crippen molar-refractivity contribution in [1.82, 2.24) is 0 Å². The van der Waals surface area contributed by atoms with E-state index in [1.807, 2.05) is 6.92 Å². The molecule has 3 heterocycles. The molecule has 3 rings (SSSR count). The topological polar surface area (TPSA) is 85.2 Å². The number of hydrogen-bond acceptors (Lipinski definition) is 6. The van der Waals surface area contributed by atoms with Crippen LogP contribution in [0.1, 0.15) is 39.0 Å². The fourth-order valence-electron chi connectivity index (χ4n) is 3.54. The monoisotopic (exact) mass is 284 g/mol. The predicted octanol–water partition coefficient (Wildman–Crippen LogP) is 1.95. The van der Waals surface area contributed by atoms with Crippen molar-refractivity contribution in [1.29, 1.82) is 0 Å². The van der Waals surface area contributed by atoms with Gasteiger partial charge in [0.25, 0.3) is 0 Å². The van der Waals surface area contributed by atoms with Gasteiger partial charge in [0, 0.05) is 20.0 Å². The van der Waals surface area contributed by atoms with Gasteiger partial charge in [-0.1, -0.05) is 0 Å². The van der Waals surface area contributed by atoms with Crippen LogP contribution in [0.25, 0.3) is 0 Å². The average Bonchev–Trinajstić information content (AvgIpc) is 2.90. The van der Waals surface area contributed by atoms with Crippen molar-refractivity contribution in [2.24, 2.45) is 5.92 Å². The maximum atomic E-state index is 11.5. The van der Waals surface area contributed by atoms with Gasteiger partial charge in [0.05, 0.1) is 24.4 Å². The van der Waals surface area contributed by atoms with Gasteiger partial charge in [-0.15, -0.1) is 0 Å². The molecule has 6 nitrogen and oxygen atoms in total. The van der Waals surface area contributed by atoms with Crippen LogP contribution >= 0.6 is 0 Å². The van der Waals surface area contributed by atoms with E-state index in [1.54, 1.807) is 0 Å². The van der Waals surface area contributed by atoms with E-state index in [9.17, 15) is 15.0 Å². The third-order valence-electron chi connectivity index (χ3n) is 4.67. The molecule has 112 valence electrons. The standard InChI is InChI=1S/C14H20O6/c1-13-3-4-14(18-2,20-13)6-9(15)12(17)8-5-11(16)19-10(8)7-13/h8,10,15,17H,3-7H2,1-2H3/b12-9-/t8-,10-,13-,14+/m1/s1. The molecule has 3 aliphatic heterocycles. The summed E-state index contributed by atoms with van der Waals surface area (Å²) < 4.78 is 16.8. The molecule has 2 fully saturated rings. The number of aliphatic hydroxyl groups excluding tert-OH is 2. The number of hydrogen-bond donors (Lipinski definition) is 2. The Labute approximate surface area is 117 Å². The third-order valence-corrected chi connectivity index (χ3v) is 4.67. The highest BCUT2D eigenvalue weighted by atomic mass is 16.7. The Morgan fingerprint density at radius 3 is 2.80 bits per heavy atom. The van der Waals surface area contributed by atoms with Gasteiger partial charge in [0.15, 0.2) is 5.79 Å². The molecule has 0 amide bonds. The Bertz CT molecular complexity index is 472. The van der Waals surface area contributed by atoms with Gasteiger partial charge in [0.2, 0.25) is 0 Å². The molecule has 2 N–H and O–H groups in total. The summed E-state index contributed by atoms with van der Waals surface area (Å²) in [5.74, 6) is -2.09. The zero-order chi connectivity index (χ0) is 14.5. The van der Waals surface area contributed by atoms with Gasteiger partial charge in [-0.3, -0.25) is 4.79 Å². The van der Waals surface area contributed by atoms with Crippen LogP contribution in [-0.4, -0.2) is 40.8 Å². The van der Waals surface area contributed by atoms with Gasteiger partial charge in [-0.25, -0.2) is 0 Å². The van der Waals surface area contributed by atoms with Crippen molar-refractivity contribution in [2.75, 3.05) is 7.11 Å². The maximum absolute atomic E-state index is 11.5. The summed E-state index contributed by atoms with van der Waals surface area (Å²) in [6.45, 7) is 1.95. The molecule has 3 aliphatic rings. The van der Waals surface area contributed by atoms with E-state index in [4.69, 9.17) is 14.2 Å². The Hall–Kier alpha value is -1.27. The molecular weight excluding hydrogens is 264 g/mol. The number of carbonyl (C=O) groups is 1. The highest BCUT2D eigenvalue weighted by molar-refractivity contribution is 5.72. The summed E-state index contributed by atoms with van der Waals surface area (Å²) in [5.41, 5.74) is -0.478. The molecule has 0 aromatic carbocycles. The summed E-state index contributed by atoms with van der Waals surface area (Å²) >= 11 is 0. The predicted molar refractivity (Wildman–Crippen MR) is 68.0 cm³/mol. The normalized spacial score (nSPS) is 48.2. The number of aliphatic hydroxyl groups is 2. The lowest BCUT2D eigenvalue weighted by atomic mass is 9.86. The number of ether oxygens (including phenoxy) is 3. The van der Waals surface area contributed by atoms with Crippen LogP contribution in [0, 0.1) is 5.92 Å². The quantitative estimate of drug-likeness (QED) is 0.716. The molecule has 2 saturated heterocycles. The van der Waals surface area contributed by atoms with Crippen LogP contribution in [0.4, 0.5) is 0 Å². The number of fused-ring (bicyclic) bond motifs is 3. The number of rotatable bonds is 1. The van der Waals surface area contributed by atoms with E-state index < -0.39 is 23.4 Å². The van der Waals surface area contributed by atoms with E-state index in [0.717, 1.165) is 6.42 Å². The van der Waals surface area contributed by atoms with E-state index >= 15 is 0 Å². The second-order valence-corrected chi connectivity index (χ2v) is 6.22. The maximum Gasteiger partial charge on any atom is 0.306 e. The van der Waals surface area contributed by atoms with Crippen molar-refractivity contribution >= 4 is 5.97 Å². The highest BCUT2D eigenvalue weighted by Crippen LogP contribution is 2.48. The van der Waals surface area contributed by atoms with Gasteiger partial charge >= 0.3 is 5.97 Å². The van der Waals surface area contributed by atoms with Crippen LogP contribution in [0.3, 0.4) is 0 Å². The molecule has 0 aromatic heterocycles. The van der Waals surface area contributed by atoms with Gasteiger partial charge in [0.1, 0.15) is 17.6 Å². The zero-order valence-electron chi connectivity index (χ0n) is 11.7. The Morgan fingerprint density at radius 2 is 2.10 bits per heavy atom. The van der Waals surface area contributed by atoms with E-state index in [0.29, 0.717) is 12.8 Å². The SMILES string of the molecule is CO[C@]12CC[C@](C)(C[C@H]3OC(=O)C[C@H]3/C(O)=C(/O)C1)O2. The molecule has 0 radical (unpaired) electrons. The van der Waals surface area contributed by atoms with Crippen molar-refractivity contribution < 1.29 is 29.2 Å². The average molecular weight is 284 g/mol. The number of carbonyl (C=O) groups excluding carboxylic acids is 1. The second-order valence-electron chi connectivity index (χ2n) is 6.22. The van der Waals surface area contributed by atoms with Crippen molar-refractivity contribution in [3.05, 3.63) is 11.5 Å². The molecule has 6 heteroatoms. The minimum absolute atomic E-state index is 0.0856. The highest BCUT2D eigenvalue weighted by Gasteiger charge is 2.53. The van der Waals surface area contributed by atoms with Crippen LogP contribution in [0.15, 0.2) is 11.5 Å². The summed E-state index contributed by atoms with van der Waals surface area (Å²) in [7, 11) is 1.54. The van der Waals surface area contributed by atoms with Crippen LogP contribution < -0.4 is 0 Å². The number of methoxy groups -OCH3 is 1. The zero-order valence-corrected chi connectivity index (χ0v) is 11.7. The summed E-state index contributed by atoms with van der Waals surface area (Å²) in [5, 5.41) is 20.3. The molecule has 0 spiro atoms. The van der Waals surface area contributed by atoms with E-state index in [1.165, 1.54) is 7.11 Å². The first kappa shape index (κ1) is 13.7. The van der Waals surface area contributed by atoms with Crippen LogP contribution in [0.5, 0.6) is 0 Å². The molecule has 0 saturated carbocycles. The molecule has 0 aromatic rings. The molecule has 0 aliphatic carbocycles. The van der Waals surface area contributed by atoms with Crippen molar-refractivity contribution in [3.63, 3.8) is 0 Å². The molecule has 4 atom stereocenters. The first-order valence-electron chi connectivity index (χ1n) is 6.92. The number of esters is 1. The lowest BCUT2D eigenvalue weighted by Crippen LogP contribution is -2.37. The minimum Gasteiger partial charge on any atom is -0.509 e. The van der Waals surface area contributed by atoms with E-state index in [2.05, 4.69) is 0 Å². The van der Waals surface area contributed by atoms with Gasteiger partial charge in [-0.05, 0) is 13.3 Å². The molecule has 20 heavy (non-hydrogen) atoms. The third kappa shape index (κ3) is 2.07. The summed E-state index contributed by atoms with van der Waals surface area (Å²) in [6.07, 6.45) is 1.60. The lowest BCUT2D eigenvalue weighted by molar-refractivity contribution is -0.240. The first-order chi connectivity index (χ1) is 9.36.